The van der Waals surface area contributed by atoms with Gasteiger partial charge in [0.2, 0.25) is 0 Å². The molecule has 18 heavy (non-hydrogen) atoms. The second-order valence-corrected chi connectivity index (χ2v) is 6.11. The summed E-state index contributed by atoms with van der Waals surface area (Å²) in [5.41, 5.74) is 7.00. The normalized spacial score (nSPS) is 11.9. The van der Waals surface area contributed by atoms with Crippen LogP contribution in [0.15, 0.2) is 12.3 Å². The molecule has 0 aliphatic heterocycles. The number of hydrogen-bond acceptors (Lipinski definition) is 3. The van der Waals surface area contributed by atoms with Crippen molar-refractivity contribution in [1.29, 1.82) is 0 Å². The van der Waals surface area contributed by atoms with Gasteiger partial charge in [0.25, 0.3) is 0 Å². The zero-order valence-corrected chi connectivity index (χ0v) is 12.0. The Morgan fingerprint density at radius 3 is 2.56 bits per heavy atom. The van der Waals surface area contributed by atoms with Crippen molar-refractivity contribution in [3.63, 3.8) is 0 Å². The average Bonchev–Trinajstić information content (AvgIpc) is 2.58. The Balaban J connectivity index is 2.67. The van der Waals surface area contributed by atoms with E-state index in [-0.39, 0.29) is 17.4 Å². The molecule has 0 aliphatic carbocycles. The number of rotatable bonds is 4. The lowest BCUT2D eigenvalue weighted by Crippen LogP contribution is -2.16. The van der Waals surface area contributed by atoms with E-state index in [2.05, 4.69) is 20.8 Å². The standard InChI is InChI=1S/C14H24N2O2/c1-10(2)16-9-11(15)8-12(16)13(17)18-7-6-14(3,4)5/h8-10H,6-7,15H2,1-5H3. The number of nitrogens with zero attached hydrogens (tertiary/aromatic N) is 1. The number of nitrogen functional groups attached to an aromatic ring is 1. The Bertz CT molecular complexity index is 414. The molecule has 0 unspecified atom stereocenters. The van der Waals surface area contributed by atoms with Crippen molar-refractivity contribution < 1.29 is 9.53 Å². The van der Waals surface area contributed by atoms with Gasteiger partial charge in [0.15, 0.2) is 0 Å². The number of carbonyl (C=O) groups excluding carboxylic acids is 1. The van der Waals surface area contributed by atoms with E-state index in [1.165, 1.54) is 0 Å². The SMILES string of the molecule is CC(C)n1cc(N)cc1C(=O)OCCC(C)(C)C. The molecule has 0 spiro atoms. The smallest absolute Gasteiger partial charge is 0.355 e. The van der Waals surface area contributed by atoms with Gasteiger partial charge in [-0.2, -0.15) is 0 Å². The fourth-order valence-electron chi connectivity index (χ4n) is 1.62. The predicted octanol–water partition coefficient (Wildman–Crippen LogP) is 3.24. The van der Waals surface area contributed by atoms with Gasteiger partial charge in [-0.1, -0.05) is 20.8 Å². The molecule has 2 N–H and O–H groups in total. The van der Waals surface area contributed by atoms with Crippen molar-refractivity contribution in [3.8, 4) is 0 Å². The molecule has 1 aromatic rings. The second-order valence-electron chi connectivity index (χ2n) is 6.11. The van der Waals surface area contributed by atoms with Gasteiger partial charge in [-0.05, 0) is 31.7 Å². The van der Waals surface area contributed by atoms with E-state index >= 15 is 0 Å². The van der Waals surface area contributed by atoms with Crippen LogP contribution in [0.25, 0.3) is 0 Å². The highest BCUT2D eigenvalue weighted by Gasteiger charge is 2.17. The molecule has 4 nitrogen and oxygen atoms in total. The van der Waals surface area contributed by atoms with E-state index in [0.717, 1.165) is 6.42 Å². The summed E-state index contributed by atoms with van der Waals surface area (Å²) in [6.07, 6.45) is 2.61. The third-order valence-corrected chi connectivity index (χ3v) is 2.72. The lowest BCUT2D eigenvalue weighted by atomic mass is 9.93. The first kappa shape index (κ1) is 14.6. The molecule has 1 rings (SSSR count). The summed E-state index contributed by atoms with van der Waals surface area (Å²) in [5, 5.41) is 0. The van der Waals surface area contributed by atoms with E-state index in [1.54, 1.807) is 12.3 Å². The van der Waals surface area contributed by atoms with Crippen LogP contribution < -0.4 is 5.73 Å². The minimum absolute atomic E-state index is 0.166. The first-order valence-corrected chi connectivity index (χ1v) is 6.35. The third-order valence-electron chi connectivity index (χ3n) is 2.72. The molecule has 0 saturated heterocycles. The summed E-state index contributed by atoms with van der Waals surface area (Å²) in [7, 11) is 0. The predicted molar refractivity (Wildman–Crippen MR) is 73.6 cm³/mol. The monoisotopic (exact) mass is 252 g/mol. The van der Waals surface area contributed by atoms with Crippen LogP contribution in [-0.2, 0) is 4.74 Å². The Hall–Kier alpha value is -1.45. The van der Waals surface area contributed by atoms with Gasteiger partial charge in [-0.15, -0.1) is 0 Å². The van der Waals surface area contributed by atoms with E-state index in [0.29, 0.717) is 18.0 Å². The maximum absolute atomic E-state index is 12.0. The van der Waals surface area contributed by atoms with Crippen LogP contribution in [0.4, 0.5) is 5.69 Å². The van der Waals surface area contributed by atoms with Gasteiger partial charge < -0.3 is 15.0 Å². The van der Waals surface area contributed by atoms with E-state index < -0.39 is 0 Å². The maximum Gasteiger partial charge on any atom is 0.355 e. The summed E-state index contributed by atoms with van der Waals surface area (Å²) in [6, 6.07) is 1.85. The van der Waals surface area contributed by atoms with Crippen LogP contribution in [-0.4, -0.2) is 17.1 Å². The van der Waals surface area contributed by atoms with Crippen LogP contribution in [0.3, 0.4) is 0 Å². The first-order valence-electron chi connectivity index (χ1n) is 6.35. The quantitative estimate of drug-likeness (QED) is 0.837. The Morgan fingerprint density at radius 2 is 2.06 bits per heavy atom. The highest BCUT2D eigenvalue weighted by molar-refractivity contribution is 5.89. The molecule has 102 valence electrons. The van der Waals surface area contributed by atoms with Crippen LogP contribution in [0.5, 0.6) is 0 Å². The first-order chi connectivity index (χ1) is 8.20. The Labute approximate surface area is 109 Å². The largest absolute Gasteiger partial charge is 0.461 e. The van der Waals surface area contributed by atoms with Crippen LogP contribution in [0.1, 0.15) is 57.6 Å². The fourth-order valence-corrected chi connectivity index (χ4v) is 1.62. The number of ether oxygens (including phenoxy) is 1. The Kier molecular flexibility index (Phi) is 4.43. The van der Waals surface area contributed by atoms with Crippen molar-refractivity contribution in [2.75, 3.05) is 12.3 Å². The number of esters is 1. The molecule has 0 fully saturated rings. The minimum atomic E-state index is -0.301. The van der Waals surface area contributed by atoms with Gasteiger partial charge >= 0.3 is 5.97 Å². The van der Waals surface area contributed by atoms with Crippen molar-refractivity contribution in [3.05, 3.63) is 18.0 Å². The maximum atomic E-state index is 12.0. The molecule has 0 amide bonds. The van der Waals surface area contributed by atoms with Crippen molar-refractivity contribution >= 4 is 11.7 Å². The number of hydrogen-bond donors (Lipinski definition) is 1. The van der Waals surface area contributed by atoms with Crippen LogP contribution in [0.2, 0.25) is 0 Å². The molecule has 0 aromatic carbocycles. The zero-order valence-electron chi connectivity index (χ0n) is 12.0. The van der Waals surface area contributed by atoms with E-state index in [4.69, 9.17) is 10.5 Å². The van der Waals surface area contributed by atoms with E-state index in [9.17, 15) is 4.79 Å². The Morgan fingerprint density at radius 1 is 1.44 bits per heavy atom. The summed E-state index contributed by atoms with van der Waals surface area (Å²) >= 11 is 0. The van der Waals surface area contributed by atoms with E-state index in [1.807, 2.05) is 18.4 Å². The van der Waals surface area contributed by atoms with Gasteiger partial charge in [0.1, 0.15) is 5.69 Å². The third kappa shape index (κ3) is 4.09. The lowest BCUT2D eigenvalue weighted by Gasteiger charge is -2.18. The van der Waals surface area contributed by atoms with Gasteiger partial charge in [-0.3, -0.25) is 0 Å². The topological polar surface area (TPSA) is 57.2 Å². The molecule has 0 radical (unpaired) electrons. The molecule has 0 atom stereocenters. The number of carbonyl (C=O) groups is 1. The minimum Gasteiger partial charge on any atom is -0.461 e. The highest BCUT2D eigenvalue weighted by atomic mass is 16.5. The second kappa shape index (κ2) is 5.46. The molecule has 0 aliphatic rings. The van der Waals surface area contributed by atoms with Crippen molar-refractivity contribution in [2.24, 2.45) is 5.41 Å². The zero-order chi connectivity index (χ0) is 13.9. The van der Waals surface area contributed by atoms with Crippen molar-refractivity contribution in [1.82, 2.24) is 4.57 Å². The molecule has 1 heterocycles. The molecular formula is C14H24N2O2. The highest BCUT2D eigenvalue weighted by Crippen LogP contribution is 2.20. The van der Waals surface area contributed by atoms with Crippen LogP contribution >= 0.6 is 0 Å². The fraction of sp³-hybridized carbons (Fsp3) is 0.643. The average molecular weight is 252 g/mol. The number of aromatic nitrogens is 1. The van der Waals surface area contributed by atoms with Crippen molar-refractivity contribution in [2.45, 2.75) is 47.1 Å². The number of nitrogens with two attached hydrogens (primary N) is 1. The molecule has 0 saturated carbocycles. The summed E-state index contributed by atoms with van der Waals surface area (Å²) in [5.74, 6) is -0.301. The lowest BCUT2D eigenvalue weighted by molar-refractivity contribution is 0.0450. The van der Waals surface area contributed by atoms with Gasteiger partial charge in [-0.25, -0.2) is 4.79 Å². The molecular weight excluding hydrogens is 228 g/mol. The summed E-state index contributed by atoms with van der Waals surface area (Å²) < 4.78 is 7.13. The summed E-state index contributed by atoms with van der Waals surface area (Å²) in [6.45, 7) is 10.8. The summed E-state index contributed by atoms with van der Waals surface area (Å²) in [4.78, 5) is 12.0. The van der Waals surface area contributed by atoms with Gasteiger partial charge in [0.05, 0.1) is 12.3 Å². The molecule has 0 bridgehead atoms. The van der Waals surface area contributed by atoms with Crippen LogP contribution in [0, 0.1) is 5.41 Å². The molecule has 4 heteroatoms. The number of anilines is 1. The van der Waals surface area contributed by atoms with Gasteiger partial charge in [0, 0.05) is 12.2 Å². The molecule has 1 aromatic heterocycles.